The summed E-state index contributed by atoms with van der Waals surface area (Å²) in [5.74, 6) is 0. The van der Waals surface area contributed by atoms with E-state index in [1.165, 1.54) is 27.4 Å². The molecule has 0 fully saturated rings. The molecule has 6 heteroatoms. The van der Waals surface area contributed by atoms with Gasteiger partial charge in [0.05, 0.1) is 0 Å². The fourth-order valence-corrected chi connectivity index (χ4v) is 9.51. The molecule has 0 heterocycles. The van der Waals surface area contributed by atoms with Gasteiger partial charge in [-0.25, -0.2) is 0 Å². The Morgan fingerprint density at radius 3 is 1.15 bits per heavy atom. The monoisotopic (exact) mass is 576 g/mol. The van der Waals surface area contributed by atoms with Gasteiger partial charge in [-0.2, -0.15) is 0 Å². The van der Waals surface area contributed by atoms with Gasteiger partial charge in [-0.15, -0.1) is 12.4 Å². The van der Waals surface area contributed by atoms with Crippen molar-refractivity contribution >= 4 is 69.9 Å². The molecular weight excluding hydrogens is 551 g/mol. The van der Waals surface area contributed by atoms with Crippen LogP contribution in [-0.4, -0.2) is 11.8 Å². The van der Waals surface area contributed by atoms with Crippen molar-refractivity contribution in [1.29, 1.82) is 0 Å². The third-order valence-corrected chi connectivity index (χ3v) is 10.9. The van der Waals surface area contributed by atoms with Gasteiger partial charge in [0.1, 0.15) is 0 Å². The van der Waals surface area contributed by atoms with E-state index >= 15 is 0 Å². The number of hydrogen-bond donors (Lipinski definition) is 0. The zero-order chi connectivity index (χ0) is 22.6. The maximum atomic E-state index is 4.70. The topological polar surface area (TPSA) is 0 Å². The van der Waals surface area contributed by atoms with Crippen molar-refractivity contribution in [3.8, 4) is 0 Å². The predicted molar refractivity (Wildman–Crippen MR) is 151 cm³/mol. The molecule has 4 aromatic rings. The molecule has 0 saturated heterocycles. The number of halogens is 3. The normalized spacial score (nSPS) is 11.4. The van der Waals surface area contributed by atoms with Crippen LogP contribution < -0.4 is 21.2 Å². The SMILES string of the molecule is CC(CP(c1ccccc1)c1ccccc1)P(c1ccccc1)c1ccccc1.Cl.[Cl][Ni][Cl]. The Kier molecular flexibility index (Phi) is 13.7. The van der Waals surface area contributed by atoms with Crippen LogP contribution in [0, 0.1) is 0 Å². The van der Waals surface area contributed by atoms with E-state index in [4.69, 9.17) is 20.4 Å². The first-order chi connectivity index (χ1) is 15.7. The summed E-state index contributed by atoms with van der Waals surface area (Å²) in [6.07, 6.45) is 1.19. The van der Waals surface area contributed by atoms with Gasteiger partial charge in [-0.05, 0) is 48.9 Å². The first-order valence-corrected chi connectivity index (χ1v) is 16.0. The van der Waals surface area contributed by atoms with Gasteiger partial charge in [0.15, 0.2) is 0 Å². The van der Waals surface area contributed by atoms with Crippen LogP contribution in [0.4, 0.5) is 0 Å². The second kappa shape index (κ2) is 15.9. The van der Waals surface area contributed by atoms with Gasteiger partial charge in [0.25, 0.3) is 0 Å². The molecule has 0 bridgehead atoms. The van der Waals surface area contributed by atoms with Gasteiger partial charge in [-0.1, -0.05) is 128 Å². The summed E-state index contributed by atoms with van der Waals surface area (Å²) >= 11 is 0.569. The molecule has 4 rings (SSSR count). The number of rotatable bonds is 7. The number of benzene rings is 4. The van der Waals surface area contributed by atoms with E-state index in [9.17, 15) is 0 Å². The van der Waals surface area contributed by atoms with Crippen LogP contribution in [-0.2, 0) is 12.7 Å². The van der Waals surface area contributed by atoms with Crippen molar-refractivity contribution in [2.75, 3.05) is 6.16 Å². The molecule has 1 atom stereocenters. The van der Waals surface area contributed by atoms with Gasteiger partial charge < -0.3 is 0 Å². The maximum absolute atomic E-state index is 4.70. The Bertz CT molecular complexity index is 943. The summed E-state index contributed by atoms with van der Waals surface area (Å²) < 4.78 is 0. The van der Waals surface area contributed by atoms with Crippen LogP contribution in [0.1, 0.15) is 6.92 Å². The van der Waals surface area contributed by atoms with Crippen molar-refractivity contribution in [2.45, 2.75) is 12.6 Å². The molecule has 176 valence electrons. The first-order valence-electron chi connectivity index (χ1n) is 10.3. The van der Waals surface area contributed by atoms with E-state index in [1.54, 1.807) is 0 Å². The molecule has 0 spiro atoms. The van der Waals surface area contributed by atoms with Crippen molar-refractivity contribution in [1.82, 2.24) is 0 Å². The Morgan fingerprint density at radius 1 is 0.576 bits per heavy atom. The average Bonchev–Trinajstić information content (AvgIpc) is 2.86. The Hall–Kier alpha value is -0.896. The van der Waals surface area contributed by atoms with E-state index in [2.05, 4.69) is 128 Å². The zero-order valence-electron chi connectivity index (χ0n) is 18.2. The van der Waals surface area contributed by atoms with Gasteiger partial charge in [-0.3, -0.25) is 0 Å². The summed E-state index contributed by atoms with van der Waals surface area (Å²) in [7, 11) is 8.61. The minimum atomic E-state index is -0.409. The quantitative estimate of drug-likeness (QED) is 0.158. The molecule has 0 aliphatic rings. The van der Waals surface area contributed by atoms with Crippen molar-refractivity contribution < 1.29 is 12.7 Å². The van der Waals surface area contributed by atoms with E-state index in [0.29, 0.717) is 18.3 Å². The van der Waals surface area contributed by atoms with Crippen molar-refractivity contribution in [3.05, 3.63) is 121 Å². The van der Waals surface area contributed by atoms with E-state index in [-0.39, 0.29) is 20.3 Å². The molecule has 0 aliphatic heterocycles. The van der Waals surface area contributed by atoms with Crippen LogP contribution in [0.2, 0.25) is 0 Å². The van der Waals surface area contributed by atoms with Gasteiger partial charge in [0.2, 0.25) is 0 Å². The molecule has 4 aromatic carbocycles. The van der Waals surface area contributed by atoms with Crippen LogP contribution >= 0.6 is 48.6 Å². The third-order valence-electron chi connectivity index (χ3n) is 5.09. The van der Waals surface area contributed by atoms with Crippen LogP contribution in [0.15, 0.2) is 121 Å². The summed E-state index contributed by atoms with van der Waals surface area (Å²) in [5.41, 5.74) is 0.585. The molecule has 0 aliphatic carbocycles. The minimum absolute atomic E-state index is 0. The molecular formula is C27H27Cl3NiP2. The van der Waals surface area contributed by atoms with Crippen molar-refractivity contribution in [2.24, 2.45) is 0 Å². The summed E-state index contributed by atoms with van der Waals surface area (Å²) in [6, 6.07) is 44.3. The molecule has 0 aromatic heterocycles. The summed E-state index contributed by atoms with van der Waals surface area (Å²) in [4.78, 5) is 0. The average molecular weight is 579 g/mol. The molecule has 0 saturated carbocycles. The second-order valence-corrected chi connectivity index (χ2v) is 13.8. The van der Waals surface area contributed by atoms with E-state index in [1.807, 2.05) is 0 Å². The van der Waals surface area contributed by atoms with Crippen LogP contribution in [0.3, 0.4) is 0 Å². The molecule has 0 radical (unpaired) electrons. The Balaban J connectivity index is 0.000000914. The van der Waals surface area contributed by atoms with E-state index < -0.39 is 7.92 Å². The molecule has 0 nitrogen and oxygen atoms in total. The molecule has 0 N–H and O–H groups in total. The first kappa shape index (κ1) is 28.3. The fourth-order valence-electron chi connectivity index (χ4n) is 3.76. The molecule has 1 unspecified atom stereocenters. The Morgan fingerprint density at radius 2 is 0.848 bits per heavy atom. The standard InChI is InChI=1S/C27H26P2.3ClH.Ni/c1-23(29(26-18-10-4-11-19-26)27-20-12-5-13-21-27)22-28(24-14-6-2-7-15-24)25-16-8-3-9-17-25;;;;/h2-21,23H,22H2,1H3;3*1H;/q;;;;+2/p-2. The molecule has 33 heavy (non-hydrogen) atoms. The predicted octanol–water partition coefficient (Wildman–Crippen LogP) is 7.44. The number of hydrogen-bond acceptors (Lipinski definition) is 0. The van der Waals surface area contributed by atoms with Gasteiger partial charge >= 0.3 is 33.0 Å². The van der Waals surface area contributed by atoms with Gasteiger partial charge in [0, 0.05) is 0 Å². The van der Waals surface area contributed by atoms with Crippen LogP contribution in [0.5, 0.6) is 0 Å². The second-order valence-electron chi connectivity index (χ2n) is 7.22. The summed E-state index contributed by atoms with van der Waals surface area (Å²) in [6.45, 7) is 2.45. The molecule has 0 amide bonds. The Labute approximate surface area is 221 Å². The third kappa shape index (κ3) is 8.68. The van der Waals surface area contributed by atoms with Crippen molar-refractivity contribution in [3.63, 3.8) is 0 Å². The van der Waals surface area contributed by atoms with E-state index in [0.717, 1.165) is 0 Å². The summed E-state index contributed by atoms with van der Waals surface area (Å²) in [5, 5.41) is 5.88. The van der Waals surface area contributed by atoms with Crippen LogP contribution in [0.25, 0.3) is 0 Å². The zero-order valence-corrected chi connectivity index (χ0v) is 23.3. The fraction of sp³-hybridized carbons (Fsp3) is 0.111.